The Morgan fingerprint density at radius 2 is 1.81 bits per heavy atom. The molecule has 0 bridgehead atoms. The number of methoxy groups -OCH3 is 1. The fourth-order valence-electron chi connectivity index (χ4n) is 2.46. The first-order valence-electron chi connectivity index (χ1n) is 7.92. The Morgan fingerprint density at radius 1 is 1.19 bits per heavy atom. The van der Waals surface area contributed by atoms with Gasteiger partial charge in [0.15, 0.2) is 0 Å². The molecule has 0 saturated carbocycles. The number of rotatable bonds is 7. The van der Waals surface area contributed by atoms with Crippen molar-refractivity contribution in [3.63, 3.8) is 0 Å². The van der Waals surface area contributed by atoms with Gasteiger partial charge in [-0.25, -0.2) is 0 Å². The van der Waals surface area contributed by atoms with Crippen molar-refractivity contribution in [2.45, 2.75) is 52.6 Å². The zero-order valence-electron chi connectivity index (χ0n) is 14.4. The SMILES string of the molecule is CCN(CC)CCC(O)c1cc(C(C)(C)C)ccc1OC. The van der Waals surface area contributed by atoms with E-state index in [9.17, 15) is 5.11 Å². The van der Waals surface area contributed by atoms with Crippen molar-refractivity contribution in [3.8, 4) is 5.75 Å². The Bertz CT molecular complexity index is 433. The lowest BCUT2D eigenvalue weighted by molar-refractivity contribution is 0.142. The molecule has 3 nitrogen and oxygen atoms in total. The first kappa shape index (κ1) is 18.0. The quantitative estimate of drug-likeness (QED) is 0.831. The molecule has 3 heteroatoms. The summed E-state index contributed by atoms with van der Waals surface area (Å²) >= 11 is 0. The molecule has 0 spiro atoms. The highest BCUT2D eigenvalue weighted by Gasteiger charge is 2.19. The van der Waals surface area contributed by atoms with Gasteiger partial charge in [0.05, 0.1) is 13.2 Å². The van der Waals surface area contributed by atoms with Crippen molar-refractivity contribution >= 4 is 0 Å². The Kier molecular flexibility index (Phi) is 6.69. The van der Waals surface area contributed by atoms with E-state index in [1.807, 2.05) is 6.07 Å². The molecular formula is C18H31NO2. The maximum absolute atomic E-state index is 10.6. The highest BCUT2D eigenvalue weighted by molar-refractivity contribution is 5.41. The van der Waals surface area contributed by atoms with E-state index in [2.05, 4.69) is 51.7 Å². The van der Waals surface area contributed by atoms with Crippen LogP contribution in [-0.2, 0) is 5.41 Å². The molecule has 0 saturated heterocycles. The van der Waals surface area contributed by atoms with E-state index in [4.69, 9.17) is 4.74 Å². The van der Waals surface area contributed by atoms with Crippen LogP contribution in [0.4, 0.5) is 0 Å². The van der Waals surface area contributed by atoms with Crippen LogP contribution in [0.3, 0.4) is 0 Å². The topological polar surface area (TPSA) is 32.7 Å². The third kappa shape index (κ3) is 5.01. The minimum absolute atomic E-state index is 0.0691. The number of benzene rings is 1. The number of nitrogens with zero attached hydrogens (tertiary/aromatic N) is 1. The minimum Gasteiger partial charge on any atom is -0.496 e. The van der Waals surface area contributed by atoms with Gasteiger partial charge in [0.1, 0.15) is 5.75 Å². The van der Waals surface area contributed by atoms with Crippen LogP contribution in [0, 0.1) is 0 Å². The van der Waals surface area contributed by atoms with Gasteiger partial charge >= 0.3 is 0 Å². The van der Waals surface area contributed by atoms with Crippen LogP contribution >= 0.6 is 0 Å². The lowest BCUT2D eigenvalue weighted by Gasteiger charge is -2.24. The monoisotopic (exact) mass is 293 g/mol. The van der Waals surface area contributed by atoms with Gasteiger partial charge in [-0.2, -0.15) is 0 Å². The van der Waals surface area contributed by atoms with E-state index in [-0.39, 0.29) is 5.41 Å². The fraction of sp³-hybridized carbons (Fsp3) is 0.667. The minimum atomic E-state index is -0.483. The Balaban J connectivity index is 2.93. The summed E-state index contributed by atoms with van der Waals surface area (Å²) in [4.78, 5) is 2.32. The molecular weight excluding hydrogens is 262 g/mol. The summed E-state index contributed by atoms with van der Waals surface area (Å²) in [6.07, 6.45) is 0.244. The normalized spacial score (nSPS) is 13.5. The van der Waals surface area contributed by atoms with Crippen molar-refractivity contribution in [2.24, 2.45) is 0 Å². The molecule has 0 fully saturated rings. The smallest absolute Gasteiger partial charge is 0.124 e. The van der Waals surface area contributed by atoms with Crippen molar-refractivity contribution in [1.29, 1.82) is 0 Å². The average Bonchev–Trinajstić information content (AvgIpc) is 2.46. The molecule has 0 aliphatic rings. The van der Waals surface area contributed by atoms with E-state index < -0.39 is 6.10 Å². The standard InChI is InChI=1S/C18H31NO2/c1-7-19(8-2)12-11-16(20)15-13-14(18(3,4)5)9-10-17(15)21-6/h9-10,13,16,20H,7-8,11-12H2,1-6H3. The summed E-state index contributed by atoms with van der Waals surface area (Å²) in [5, 5.41) is 10.6. The van der Waals surface area contributed by atoms with Crippen LogP contribution in [0.1, 0.15) is 58.3 Å². The molecule has 0 heterocycles. The zero-order valence-corrected chi connectivity index (χ0v) is 14.4. The van der Waals surface area contributed by atoms with Gasteiger partial charge < -0.3 is 14.7 Å². The molecule has 21 heavy (non-hydrogen) atoms. The number of hydrogen-bond donors (Lipinski definition) is 1. The van der Waals surface area contributed by atoms with Crippen molar-refractivity contribution in [2.75, 3.05) is 26.7 Å². The Morgan fingerprint density at radius 3 is 2.29 bits per heavy atom. The number of aliphatic hydroxyl groups is 1. The summed E-state index contributed by atoms with van der Waals surface area (Å²) in [5.41, 5.74) is 2.19. The zero-order chi connectivity index (χ0) is 16.0. The predicted octanol–water partition coefficient (Wildman–Crippen LogP) is 3.76. The van der Waals surface area contributed by atoms with Crippen LogP contribution in [0.5, 0.6) is 5.75 Å². The summed E-state index contributed by atoms with van der Waals surface area (Å²) in [6.45, 7) is 13.8. The molecule has 1 aromatic rings. The van der Waals surface area contributed by atoms with Crippen molar-refractivity contribution < 1.29 is 9.84 Å². The van der Waals surface area contributed by atoms with Crippen LogP contribution < -0.4 is 4.74 Å². The van der Waals surface area contributed by atoms with Gasteiger partial charge in [-0.05, 0) is 42.6 Å². The Hall–Kier alpha value is -1.06. The second kappa shape index (κ2) is 7.81. The highest BCUT2D eigenvalue weighted by atomic mass is 16.5. The number of aliphatic hydroxyl groups excluding tert-OH is 1. The molecule has 0 aromatic heterocycles. The van der Waals surface area contributed by atoms with Crippen LogP contribution in [0.25, 0.3) is 0 Å². The molecule has 1 N–H and O–H groups in total. The van der Waals surface area contributed by atoms with Gasteiger partial charge in [0.2, 0.25) is 0 Å². The molecule has 120 valence electrons. The van der Waals surface area contributed by atoms with E-state index in [1.54, 1.807) is 7.11 Å². The summed E-state index contributed by atoms with van der Waals surface area (Å²) in [6, 6.07) is 6.14. The highest BCUT2D eigenvalue weighted by Crippen LogP contribution is 2.32. The van der Waals surface area contributed by atoms with E-state index in [1.165, 1.54) is 5.56 Å². The Labute approximate surface area is 129 Å². The van der Waals surface area contributed by atoms with Gasteiger partial charge in [-0.3, -0.25) is 0 Å². The molecule has 0 radical (unpaired) electrons. The lowest BCUT2D eigenvalue weighted by atomic mass is 9.85. The molecule has 0 aliphatic heterocycles. The predicted molar refractivity (Wildman–Crippen MR) is 89.1 cm³/mol. The fourth-order valence-corrected chi connectivity index (χ4v) is 2.46. The van der Waals surface area contributed by atoms with E-state index in [0.717, 1.165) is 37.4 Å². The third-order valence-electron chi connectivity index (χ3n) is 4.07. The first-order valence-corrected chi connectivity index (χ1v) is 7.92. The molecule has 1 unspecified atom stereocenters. The molecule has 1 atom stereocenters. The van der Waals surface area contributed by atoms with Gasteiger partial charge in [0.25, 0.3) is 0 Å². The second-order valence-corrected chi connectivity index (χ2v) is 6.54. The summed E-state index contributed by atoms with van der Waals surface area (Å²) in [5.74, 6) is 0.773. The second-order valence-electron chi connectivity index (χ2n) is 6.54. The molecule has 1 rings (SSSR count). The summed E-state index contributed by atoms with van der Waals surface area (Å²) in [7, 11) is 1.66. The third-order valence-corrected chi connectivity index (χ3v) is 4.07. The lowest BCUT2D eigenvalue weighted by Crippen LogP contribution is -2.25. The molecule has 1 aromatic carbocycles. The van der Waals surface area contributed by atoms with Gasteiger partial charge in [-0.1, -0.05) is 40.7 Å². The average molecular weight is 293 g/mol. The summed E-state index contributed by atoms with van der Waals surface area (Å²) < 4.78 is 5.42. The molecule has 0 amide bonds. The van der Waals surface area contributed by atoms with Gasteiger partial charge in [-0.15, -0.1) is 0 Å². The van der Waals surface area contributed by atoms with E-state index in [0.29, 0.717) is 0 Å². The van der Waals surface area contributed by atoms with Crippen LogP contribution in [0.15, 0.2) is 18.2 Å². The van der Waals surface area contributed by atoms with Crippen molar-refractivity contribution in [1.82, 2.24) is 4.90 Å². The maximum Gasteiger partial charge on any atom is 0.124 e. The van der Waals surface area contributed by atoms with Crippen molar-refractivity contribution in [3.05, 3.63) is 29.3 Å². The number of hydrogen-bond acceptors (Lipinski definition) is 3. The maximum atomic E-state index is 10.6. The van der Waals surface area contributed by atoms with E-state index >= 15 is 0 Å². The van der Waals surface area contributed by atoms with Crippen LogP contribution in [-0.4, -0.2) is 36.8 Å². The van der Waals surface area contributed by atoms with Gasteiger partial charge in [0, 0.05) is 12.1 Å². The molecule has 0 aliphatic carbocycles. The van der Waals surface area contributed by atoms with Crippen LogP contribution in [0.2, 0.25) is 0 Å². The number of ether oxygens (including phenoxy) is 1. The largest absolute Gasteiger partial charge is 0.496 e. The first-order chi connectivity index (χ1) is 9.83.